The summed E-state index contributed by atoms with van der Waals surface area (Å²) in [6.45, 7) is 3.14. The zero-order chi connectivity index (χ0) is 14.7. The highest BCUT2D eigenvalue weighted by molar-refractivity contribution is 5.98. The summed E-state index contributed by atoms with van der Waals surface area (Å²) in [6.07, 6.45) is 3.62. The van der Waals surface area contributed by atoms with Gasteiger partial charge in [-0.05, 0) is 49.2 Å². The van der Waals surface area contributed by atoms with Gasteiger partial charge in [-0.2, -0.15) is 0 Å². The molecule has 2 aromatic carbocycles. The van der Waals surface area contributed by atoms with Gasteiger partial charge in [-0.25, -0.2) is 0 Å². The summed E-state index contributed by atoms with van der Waals surface area (Å²) < 4.78 is 0. The van der Waals surface area contributed by atoms with Crippen LogP contribution >= 0.6 is 0 Å². The van der Waals surface area contributed by atoms with Gasteiger partial charge in [0.05, 0.1) is 0 Å². The van der Waals surface area contributed by atoms with Crippen molar-refractivity contribution in [2.75, 3.05) is 6.54 Å². The van der Waals surface area contributed by atoms with Gasteiger partial charge < -0.3 is 10.6 Å². The van der Waals surface area contributed by atoms with Crippen molar-refractivity contribution in [2.24, 2.45) is 0 Å². The highest BCUT2D eigenvalue weighted by Gasteiger charge is 2.21. The van der Waals surface area contributed by atoms with Crippen LogP contribution in [-0.4, -0.2) is 24.5 Å². The average Bonchev–Trinajstić information content (AvgIpc) is 2.55. The fourth-order valence-electron chi connectivity index (χ4n) is 3.03. The van der Waals surface area contributed by atoms with Crippen LogP contribution in [-0.2, 0) is 0 Å². The van der Waals surface area contributed by atoms with Crippen LogP contribution in [0.1, 0.15) is 36.5 Å². The monoisotopic (exact) mass is 282 g/mol. The van der Waals surface area contributed by atoms with Gasteiger partial charge in [-0.1, -0.05) is 36.8 Å². The Morgan fingerprint density at radius 1 is 1.19 bits per heavy atom. The molecule has 110 valence electrons. The van der Waals surface area contributed by atoms with E-state index >= 15 is 0 Å². The highest BCUT2D eigenvalue weighted by Crippen LogP contribution is 2.16. The molecule has 3 nitrogen and oxygen atoms in total. The number of benzene rings is 2. The van der Waals surface area contributed by atoms with Crippen LogP contribution in [0, 0.1) is 0 Å². The Hall–Kier alpha value is -1.87. The number of piperidine rings is 1. The fourth-order valence-corrected chi connectivity index (χ4v) is 3.03. The van der Waals surface area contributed by atoms with E-state index in [1.165, 1.54) is 12.8 Å². The third kappa shape index (κ3) is 3.24. The van der Waals surface area contributed by atoms with Crippen LogP contribution in [0.2, 0.25) is 0 Å². The Morgan fingerprint density at radius 2 is 2.00 bits per heavy atom. The van der Waals surface area contributed by atoms with E-state index in [2.05, 4.69) is 23.6 Å². The summed E-state index contributed by atoms with van der Waals surface area (Å²) >= 11 is 0. The van der Waals surface area contributed by atoms with Gasteiger partial charge in [0.25, 0.3) is 5.91 Å². The maximum Gasteiger partial charge on any atom is 0.251 e. The molecule has 0 spiro atoms. The summed E-state index contributed by atoms with van der Waals surface area (Å²) in [5.41, 5.74) is 0.733. The second-order valence-electron chi connectivity index (χ2n) is 5.88. The molecule has 1 aliphatic rings. The molecule has 0 radical (unpaired) electrons. The predicted molar refractivity (Wildman–Crippen MR) is 86.5 cm³/mol. The third-order valence-corrected chi connectivity index (χ3v) is 4.32. The van der Waals surface area contributed by atoms with E-state index in [1.54, 1.807) is 0 Å². The van der Waals surface area contributed by atoms with E-state index in [-0.39, 0.29) is 11.9 Å². The van der Waals surface area contributed by atoms with Crippen LogP contribution in [0.15, 0.2) is 42.5 Å². The molecule has 1 aliphatic heterocycles. The van der Waals surface area contributed by atoms with Gasteiger partial charge in [-0.15, -0.1) is 0 Å². The van der Waals surface area contributed by atoms with Crippen LogP contribution < -0.4 is 10.6 Å². The van der Waals surface area contributed by atoms with Crippen molar-refractivity contribution in [3.05, 3.63) is 48.0 Å². The summed E-state index contributed by atoms with van der Waals surface area (Å²) in [6, 6.07) is 14.5. The minimum atomic E-state index is 0.0145. The molecule has 2 unspecified atom stereocenters. The molecular weight excluding hydrogens is 260 g/mol. The molecule has 21 heavy (non-hydrogen) atoms. The molecule has 1 saturated heterocycles. The lowest BCUT2D eigenvalue weighted by atomic mass is 9.98. The van der Waals surface area contributed by atoms with E-state index in [1.807, 2.05) is 36.4 Å². The lowest BCUT2D eigenvalue weighted by molar-refractivity contribution is 0.0928. The van der Waals surface area contributed by atoms with Crippen LogP contribution in [0.3, 0.4) is 0 Å². The van der Waals surface area contributed by atoms with Crippen molar-refractivity contribution in [3.63, 3.8) is 0 Å². The van der Waals surface area contributed by atoms with E-state index in [4.69, 9.17) is 0 Å². The number of carbonyl (C=O) groups excluding carboxylic acids is 1. The summed E-state index contributed by atoms with van der Waals surface area (Å²) in [7, 11) is 0. The smallest absolute Gasteiger partial charge is 0.251 e. The Labute approximate surface area is 125 Å². The van der Waals surface area contributed by atoms with Crippen LogP contribution in [0.25, 0.3) is 10.8 Å². The van der Waals surface area contributed by atoms with Gasteiger partial charge in [0.15, 0.2) is 0 Å². The fraction of sp³-hybridized carbons (Fsp3) is 0.389. The number of amides is 1. The van der Waals surface area contributed by atoms with Crippen molar-refractivity contribution < 1.29 is 4.79 Å². The van der Waals surface area contributed by atoms with E-state index < -0.39 is 0 Å². The lowest BCUT2D eigenvalue weighted by Crippen LogP contribution is -2.50. The Morgan fingerprint density at radius 3 is 2.76 bits per heavy atom. The topological polar surface area (TPSA) is 41.1 Å². The minimum absolute atomic E-state index is 0.0145. The number of nitrogens with one attached hydrogen (secondary N) is 2. The number of fused-ring (bicyclic) bond motifs is 1. The maximum atomic E-state index is 12.4. The van der Waals surface area contributed by atoms with E-state index in [0.29, 0.717) is 6.04 Å². The molecule has 1 heterocycles. The Kier molecular flexibility index (Phi) is 4.20. The average molecular weight is 282 g/mol. The second-order valence-corrected chi connectivity index (χ2v) is 5.88. The van der Waals surface area contributed by atoms with Crippen LogP contribution in [0.5, 0.6) is 0 Å². The molecule has 0 aromatic heterocycles. The predicted octanol–water partition coefficient (Wildman–Crippen LogP) is 3.10. The van der Waals surface area contributed by atoms with Gasteiger partial charge >= 0.3 is 0 Å². The van der Waals surface area contributed by atoms with Crippen molar-refractivity contribution in [2.45, 2.75) is 38.3 Å². The van der Waals surface area contributed by atoms with Crippen LogP contribution in [0.4, 0.5) is 0 Å². The molecule has 3 heteroatoms. The number of hydrogen-bond donors (Lipinski definition) is 2. The van der Waals surface area contributed by atoms with Crippen molar-refractivity contribution >= 4 is 16.7 Å². The SMILES string of the molecule is CC(NC(=O)c1ccc2ccccc2c1)C1CCCCN1. The quantitative estimate of drug-likeness (QED) is 0.908. The van der Waals surface area contributed by atoms with Crippen molar-refractivity contribution in [3.8, 4) is 0 Å². The number of carbonyl (C=O) groups is 1. The molecule has 0 saturated carbocycles. The molecule has 0 aliphatic carbocycles. The molecule has 2 atom stereocenters. The van der Waals surface area contributed by atoms with Crippen molar-refractivity contribution in [1.29, 1.82) is 0 Å². The highest BCUT2D eigenvalue weighted by atomic mass is 16.1. The molecule has 1 amide bonds. The third-order valence-electron chi connectivity index (χ3n) is 4.32. The minimum Gasteiger partial charge on any atom is -0.348 e. The van der Waals surface area contributed by atoms with Gasteiger partial charge in [0.2, 0.25) is 0 Å². The molecule has 2 N–H and O–H groups in total. The molecule has 2 aromatic rings. The standard InChI is InChI=1S/C18H22N2O/c1-13(17-8-4-5-11-19-17)20-18(21)16-10-9-14-6-2-3-7-15(14)12-16/h2-3,6-7,9-10,12-13,17,19H,4-5,8,11H2,1H3,(H,20,21). The van der Waals surface area contributed by atoms with E-state index in [0.717, 1.165) is 29.3 Å². The number of hydrogen-bond acceptors (Lipinski definition) is 2. The Balaban J connectivity index is 1.71. The normalized spacial score (nSPS) is 20.1. The molecule has 0 bridgehead atoms. The zero-order valence-corrected chi connectivity index (χ0v) is 12.4. The van der Waals surface area contributed by atoms with Crippen molar-refractivity contribution in [1.82, 2.24) is 10.6 Å². The summed E-state index contributed by atoms with van der Waals surface area (Å²) in [5.74, 6) is 0.0145. The zero-order valence-electron chi connectivity index (χ0n) is 12.4. The first-order valence-electron chi connectivity index (χ1n) is 7.77. The molecular formula is C18H22N2O. The van der Waals surface area contributed by atoms with Gasteiger partial charge in [0, 0.05) is 17.6 Å². The lowest BCUT2D eigenvalue weighted by Gasteiger charge is -2.29. The summed E-state index contributed by atoms with van der Waals surface area (Å²) in [4.78, 5) is 12.4. The van der Waals surface area contributed by atoms with Gasteiger partial charge in [0.1, 0.15) is 0 Å². The molecule has 1 fully saturated rings. The maximum absolute atomic E-state index is 12.4. The second kappa shape index (κ2) is 6.27. The van der Waals surface area contributed by atoms with E-state index in [9.17, 15) is 4.79 Å². The van der Waals surface area contributed by atoms with Gasteiger partial charge in [-0.3, -0.25) is 4.79 Å². The first-order chi connectivity index (χ1) is 10.2. The summed E-state index contributed by atoms with van der Waals surface area (Å²) in [5, 5.41) is 8.89. The largest absolute Gasteiger partial charge is 0.348 e. The molecule has 3 rings (SSSR count). The first kappa shape index (κ1) is 14.1. The Bertz CT molecular complexity index is 632. The number of rotatable bonds is 3. The first-order valence-corrected chi connectivity index (χ1v) is 7.77.